The summed E-state index contributed by atoms with van der Waals surface area (Å²) in [4.78, 5) is 27.0. The number of hydrogen-bond donors (Lipinski definition) is 1. The van der Waals surface area contributed by atoms with Crippen LogP contribution in [0.5, 0.6) is 6.01 Å². The number of nitrogens with one attached hydrogen (secondary N) is 1. The van der Waals surface area contributed by atoms with Crippen molar-refractivity contribution in [1.29, 1.82) is 0 Å². The number of aromatic amines is 1. The van der Waals surface area contributed by atoms with E-state index >= 15 is 0 Å². The van der Waals surface area contributed by atoms with Crippen LogP contribution in [0.4, 0.5) is 0 Å². The topological polar surface area (TPSA) is 72.1 Å². The lowest BCUT2D eigenvalue weighted by Crippen LogP contribution is -2.17. The fourth-order valence-electron chi connectivity index (χ4n) is 0.466. The lowest BCUT2D eigenvalue weighted by Gasteiger charge is -1.93. The molecule has 0 aromatic carbocycles. The Bertz CT molecular complexity index is 265. The standard InChI is InChI=1S/C6H6N2O3/c1-4(9)5(10)11-6-7-2-3-8-6/h2-3H,1H3,(H,7,8). The van der Waals surface area contributed by atoms with Gasteiger partial charge in [0.05, 0.1) is 0 Å². The third-order valence-corrected chi connectivity index (χ3v) is 0.950. The normalized spacial score (nSPS) is 9.18. The maximum atomic E-state index is 10.6. The van der Waals surface area contributed by atoms with E-state index in [2.05, 4.69) is 14.7 Å². The quantitative estimate of drug-likeness (QED) is 0.477. The van der Waals surface area contributed by atoms with Crippen molar-refractivity contribution >= 4 is 11.8 Å². The number of ether oxygens (including phenoxy) is 1. The summed E-state index contributed by atoms with van der Waals surface area (Å²) in [6.07, 6.45) is 2.91. The van der Waals surface area contributed by atoms with Crippen molar-refractivity contribution in [3.8, 4) is 6.01 Å². The van der Waals surface area contributed by atoms with Crippen molar-refractivity contribution in [2.75, 3.05) is 0 Å². The zero-order valence-electron chi connectivity index (χ0n) is 5.83. The first kappa shape index (κ1) is 7.46. The van der Waals surface area contributed by atoms with E-state index in [1.165, 1.54) is 12.4 Å². The molecule has 5 heteroatoms. The molecule has 0 spiro atoms. The number of hydrogen-bond acceptors (Lipinski definition) is 4. The molecule has 58 valence electrons. The number of Topliss-reactive ketones (excluding diaryl/α,β-unsaturated/α-hetero) is 1. The second kappa shape index (κ2) is 2.96. The number of imidazole rings is 1. The van der Waals surface area contributed by atoms with E-state index in [0.29, 0.717) is 0 Å². The van der Waals surface area contributed by atoms with Gasteiger partial charge in [0, 0.05) is 19.3 Å². The number of rotatable bonds is 2. The molecule has 1 aromatic rings. The molecule has 0 radical (unpaired) electrons. The lowest BCUT2D eigenvalue weighted by molar-refractivity contribution is -0.146. The highest BCUT2D eigenvalue weighted by atomic mass is 16.6. The number of aromatic nitrogens is 2. The molecule has 0 unspecified atom stereocenters. The Hall–Kier alpha value is -1.65. The molecular formula is C6H6N2O3. The maximum Gasteiger partial charge on any atom is 0.382 e. The van der Waals surface area contributed by atoms with Crippen LogP contribution in [-0.2, 0) is 9.59 Å². The first-order valence-corrected chi connectivity index (χ1v) is 2.92. The molecule has 1 rings (SSSR count). The van der Waals surface area contributed by atoms with Crippen LogP contribution in [0.3, 0.4) is 0 Å². The van der Waals surface area contributed by atoms with E-state index in [0.717, 1.165) is 6.92 Å². The van der Waals surface area contributed by atoms with Gasteiger partial charge in [-0.1, -0.05) is 0 Å². The summed E-state index contributed by atoms with van der Waals surface area (Å²) in [6.45, 7) is 1.13. The molecule has 11 heavy (non-hydrogen) atoms. The molecule has 0 aliphatic carbocycles. The number of nitrogens with zero attached hydrogens (tertiary/aromatic N) is 1. The summed E-state index contributed by atoms with van der Waals surface area (Å²) in [5.41, 5.74) is 0. The second-order valence-corrected chi connectivity index (χ2v) is 1.84. The first-order chi connectivity index (χ1) is 5.20. The van der Waals surface area contributed by atoms with Crippen LogP contribution in [0.15, 0.2) is 12.4 Å². The monoisotopic (exact) mass is 154 g/mol. The zero-order valence-corrected chi connectivity index (χ0v) is 5.83. The molecule has 0 saturated heterocycles. The Kier molecular flexibility index (Phi) is 2.00. The van der Waals surface area contributed by atoms with Crippen molar-refractivity contribution < 1.29 is 14.3 Å². The third-order valence-electron chi connectivity index (χ3n) is 0.950. The van der Waals surface area contributed by atoms with Crippen LogP contribution in [-0.4, -0.2) is 21.7 Å². The Morgan fingerprint density at radius 2 is 2.36 bits per heavy atom. The first-order valence-electron chi connectivity index (χ1n) is 2.92. The van der Waals surface area contributed by atoms with E-state index in [-0.39, 0.29) is 6.01 Å². The average molecular weight is 154 g/mol. The van der Waals surface area contributed by atoms with Crippen molar-refractivity contribution in [1.82, 2.24) is 9.97 Å². The van der Waals surface area contributed by atoms with Gasteiger partial charge in [-0.3, -0.25) is 4.79 Å². The Morgan fingerprint density at radius 1 is 1.64 bits per heavy atom. The highest BCUT2D eigenvalue weighted by molar-refractivity contribution is 6.33. The second-order valence-electron chi connectivity index (χ2n) is 1.84. The van der Waals surface area contributed by atoms with E-state index in [1.54, 1.807) is 0 Å². The number of H-pyrrole nitrogens is 1. The summed E-state index contributed by atoms with van der Waals surface area (Å²) in [5, 5.41) is 0. The largest absolute Gasteiger partial charge is 0.386 e. The molecule has 0 atom stereocenters. The number of carbonyl (C=O) groups excluding carboxylic acids is 2. The third kappa shape index (κ3) is 1.89. The molecular weight excluding hydrogens is 148 g/mol. The van der Waals surface area contributed by atoms with Gasteiger partial charge in [-0.2, -0.15) is 0 Å². The van der Waals surface area contributed by atoms with Gasteiger partial charge < -0.3 is 9.72 Å². The number of ketones is 1. The van der Waals surface area contributed by atoms with E-state index < -0.39 is 11.8 Å². The predicted octanol–water partition coefficient (Wildman–Crippen LogP) is -0.0959. The van der Waals surface area contributed by atoms with Crippen LogP contribution in [0.2, 0.25) is 0 Å². The minimum atomic E-state index is -0.917. The average Bonchev–Trinajstić information content (AvgIpc) is 2.39. The van der Waals surface area contributed by atoms with Crippen molar-refractivity contribution in [3.05, 3.63) is 12.4 Å². The highest BCUT2D eigenvalue weighted by Gasteiger charge is 2.10. The lowest BCUT2D eigenvalue weighted by atomic mass is 10.5. The molecule has 0 aliphatic rings. The molecule has 5 nitrogen and oxygen atoms in total. The molecule has 1 aromatic heterocycles. The number of esters is 1. The van der Waals surface area contributed by atoms with Crippen LogP contribution >= 0.6 is 0 Å². The molecule has 1 heterocycles. The van der Waals surface area contributed by atoms with Gasteiger partial charge in [-0.15, -0.1) is 0 Å². The van der Waals surface area contributed by atoms with Crippen molar-refractivity contribution in [2.45, 2.75) is 6.92 Å². The summed E-state index contributed by atoms with van der Waals surface area (Å²) in [5.74, 6) is -1.57. The molecule has 1 N–H and O–H groups in total. The predicted molar refractivity (Wildman–Crippen MR) is 34.9 cm³/mol. The van der Waals surface area contributed by atoms with Gasteiger partial charge in [-0.05, 0) is 0 Å². The highest BCUT2D eigenvalue weighted by Crippen LogP contribution is 1.98. The van der Waals surface area contributed by atoms with E-state index in [4.69, 9.17) is 0 Å². The molecule has 0 bridgehead atoms. The van der Waals surface area contributed by atoms with Crippen LogP contribution in [0.1, 0.15) is 6.92 Å². The van der Waals surface area contributed by atoms with Crippen LogP contribution in [0.25, 0.3) is 0 Å². The Morgan fingerprint density at radius 3 is 2.82 bits per heavy atom. The fourth-order valence-corrected chi connectivity index (χ4v) is 0.466. The van der Waals surface area contributed by atoms with Gasteiger partial charge in [0.15, 0.2) is 0 Å². The summed E-state index contributed by atoms with van der Waals surface area (Å²) >= 11 is 0. The molecule has 0 amide bonds. The smallest absolute Gasteiger partial charge is 0.382 e. The minimum Gasteiger partial charge on any atom is -0.386 e. The zero-order chi connectivity index (χ0) is 8.27. The van der Waals surface area contributed by atoms with Gasteiger partial charge in [0.1, 0.15) is 0 Å². The van der Waals surface area contributed by atoms with Crippen LogP contribution in [0, 0.1) is 0 Å². The van der Waals surface area contributed by atoms with Gasteiger partial charge in [-0.25, -0.2) is 9.78 Å². The Balaban J connectivity index is 2.57. The SMILES string of the molecule is CC(=O)C(=O)Oc1ncc[nH]1. The maximum absolute atomic E-state index is 10.6. The summed E-state index contributed by atoms with van der Waals surface area (Å²) in [7, 11) is 0. The molecule has 0 aliphatic heterocycles. The van der Waals surface area contributed by atoms with E-state index in [9.17, 15) is 9.59 Å². The summed E-state index contributed by atoms with van der Waals surface area (Å²) < 4.78 is 4.46. The molecule has 0 saturated carbocycles. The number of carbonyl (C=O) groups is 2. The van der Waals surface area contributed by atoms with Crippen LogP contribution < -0.4 is 4.74 Å². The van der Waals surface area contributed by atoms with Crippen molar-refractivity contribution in [2.24, 2.45) is 0 Å². The fraction of sp³-hybridized carbons (Fsp3) is 0.167. The van der Waals surface area contributed by atoms with Gasteiger partial charge >= 0.3 is 12.0 Å². The van der Waals surface area contributed by atoms with Gasteiger partial charge in [0.25, 0.3) is 0 Å². The molecule has 0 fully saturated rings. The van der Waals surface area contributed by atoms with Gasteiger partial charge in [0.2, 0.25) is 5.78 Å². The summed E-state index contributed by atoms with van der Waals surface area (Å²) in [6, 6.07) is 0.0326. The Labute approximate surface area is 62.4 Å². The van der Waals surface area contributed by atoms with E-state index in [1.807, 2.05) is 0 Å². The van der Waals surface area contributed by atoms with Crippen molar-refractivity contribution in [3.63, 3.8) is 0 Å². The minimum absolute atomic E-state index is 0.0326.